The van der Waals surface area contributed by atoms with E-state index in [-0.39, 0.29) is 21.7 Å². The van der Waals surface area contributed by atoms with Gasteiger partial charge in [0.2, 0.25) is 0 Å². The highest BCUT2D eigenvalue weighted by atomic mass is 31.1. The van der Waals surface area contributed by atoms with E-state index in [0.29, 0.717) is 0 Å². The van der Waals surface area contributed by atoms with Crippen LogP contribution < -0.4 is 15.9 Å². The maximum atomic E-state index is 5.05. The van der Waals surface area contributed by atoms with Crippen molar-refractivity contribution in [3.63, 3.8) is 0 Å². The Morgan fingerprint density at radius 1 is 0.524 bits per heavy atom. The lowest BCUT2D eigenvalue weighted by Gasteiger charge is -2.33. The van der Waals surface area contributed by atoms with E-state index in [4.69, 9.17) is 4.98 Å². The number of pyridine rings is 1. The third-order valence-corrected chi connectivity index (χ3v) is 10.7. The summed E-state index contributed by atoms with van der Waals surface area (Å²) in [4.78, 5) is 5.05. The van der Waals surface area contributed by atoms with Crippen molar-refractivity contribution >= 4 is 23.8 Å². The number of aryl methyl sites for hydroxylation is 1. The van der Waals surface area contributed by atoms with Crippen molar-refractivity contribution in [3.8, 4) is 11.3 Å². The van der Waals surface area contributed by atoms with E-state index in [0.717, 1.165) is 5.69 Å². The summed E-state index contributed by atoms with van der Waals surface area (Å²) in [5.41, 5.74) is 9.28. The average Bonchev–Trinajstić information content (AvgIpc) is 2.87. The quantitative estimate of drug-likeness (QED) is 0.220. The molecular weight excluding hydrogens is 525 g/mol. The second kappa shape index (κ2) is 11.4. The van der Waals surface area contributed by atoms with Crippen LogP contribution in [0.1, 0.15) is 111 Å². The molecule has 222 valence electrons. The predicted octanol–water partition coefficient (Wildman–Crippen LogP) is 10.0. The molecule has 42 heavy (non-hydrogen) atoms. The molecule has 0 spiro atoms. The SMILES string of the molecule is Cc1cccnc1-c1c(P(c2ccc(C(C)(C)C)cc2)c2ccc(C(C)(C)C)cc2)cc(C(C)(C)C)cc1C(C)(C)C. The number of hydrogen-bond donors (Lipinski definition) is 0. The van der Waals surface area contributed by atoms with Crippen LogP contribution in [0.4, 0.5) is 0 Å². The van der Waals surface area contributed by atoms with Crippen molar-refractivity contribution in [3.05, 3.63) is 107 Å². The molecule has 0 N–H and O–H groups in total. The molecule has 0 atom stereocenters. The number of hydrogen-bond acceptors (Lipinski definition) is 1. The Morgan fingerprint density at radius 2 is 0.976 bits per heavy atom. The predicted molar refractivity (Wildman–Crippen MR) is 188 cm³/mol. The molecule has 1 nitrogen and oxygen atoms in total. The van der Waals surface area contributed by atoms with Crippen LogP contribution in [0.2, 0.25) is 0 Å². The lowest BCUT2D eigenvalue weighted by Crippen LogP contribution is -2.29. The highest BCUT2D eigenvalue weighted by Crippen LogP contribution is 2.44. The van der Waals surface area contributed by atoms with Crippen LogP contribution in [-0.2, 0) is 21.7 Å². The largest absolute Gasteiger partial charge is 0.256 e. The van der Waals surface area contributed by atoms with Crippen molar-refractivity contribution in [2.45, 2.75) is 112 Å². The van der Waals surface area contributed by atoms with Gasteiger partial charge in [-0.2, -0.15) is 0 Å². The van der Waals surface area contributed by atoms with E-state index in [2.05, 4.69) is 163 Å². The van der Waals surface area contributed by atoms with Gasteiger partial charge in [-0.25, -0.2) is 0 Å². The summed E-state index contributed by atoms with van der Waals surface area (Å²) in [5.74, 6) is 0. The van der Waals surface area contributed by atoms with Crippen molar-refractivity contribution < 1.29 is 0 Å². The zero-order valence-electron chi connectivity index (χ0n) is 28.4. The second-order valence-electron chi connectivity index (χ2n) is 16.0. The smallest absolute Gasteiger partial charge is 0.0740 e. The molecule has 2 heteroatoms. The van der Waals surface area contributed by atoms with Crippen LogP contribution in [0.5, 0.6) is 0 Å². The summed E-state index contributed by atoms with van der Waals surface area (Å²) in [6.45, 7) is 30.0. The van der Waals surface area contributed by atoms with E-state index >= 15 is 0 Å². The zero-order valence-corrected chi connectivity index (χ0v) is 29.3. The number of aromatic nitrogens is 1. The highest BCUT2D eigenvalue weighted by Gasteiger charge is 2.31. The van der Waals surface area contributed by atoms with Crippen LogP contribution in [0, 0.1) is 6.92 Å². The summed E-state index contributed by atoms with van der Waals surface area (Å²) in [6.07, 6.45) is 1.95. The third kappa shape index (κ3) is 6.89. The summed E-state index contributed by atoms with van der Waals surface area (Å²) in [6, 6.07) is 28.2. The number of rotatable bonds is 4. The van der Waals surface area contributed by atoms with Gasteiger partial charge in [0.05, 0.1) is 5.69 Å². The van der Waals surface area contributed by atoms with Crippen LogP contribution in [0.15, 0.2) is 79.0 Å². The van der Waals surface area contributed by atoms with E-state index in [1.54, 1.807) is 0 Å². The van der Waals surface area contributed by atoms with Gasteiger partial charge in [0, 0.05) is 11.8 Å². The molecule has 0 fully saturated rings. The Labute approximate surface area is 258 Å². The molecule has 0 radical (unpaired) electrons. The minimum Gasteiger partial charge on any atom is -0.256 e. The Hall–Kier alpha value is -2.76. The molecule has 4 rings (SSSR count). The van der Waals surface area contributed by atoms with E-state index in [1.807, 2.05) is 6.20 Å². The van der Waals surface area contributed by atoms with Crippen LogP contribution >= 0.6 is 7.92 Å². The molecule has 1 heterocycles. The lowest BCUT2D eigenvalue weighted by molar-refractivity contribution is 0.570. The maximum Gasteiger partial charge on any atom is 0.0740 e. The van der Waals surface area contributed by atoms with Crippen LogP contribution in [0.3, 0.4) is 0 Å². The molecule has 0 unspecified atom stereocenters. The topological polar surface area (TPSA) is 12.9 Å². The Bertz CT molecular complexity index is 1470. The third-order valence-electron chi connectivity index (χ3n) is 8.26. The summed E-state index contributed by atoms with van der Waals surface area (Å²) in [7, 11) is -0.866. The van der Waals surface area contributed by atoms with Crippen LogP contribution in [0.25, 0.3) is 11.3 Å². The summed E-state index contributed by atoms with van der Waals surface area (Å²) < 4.78 is 0. The van der Waals surface area contributed by atoms with Crippen molar-refractivity contribution in [2.24, 2.45) is 0 Å². The van der Waals surface area contributed by atoms with Gasteiger partial charge in [-0.1, -0.05) is 144 Å². The minimum atomic E-state index is -0.866. The zero-order chi connectivity index (χ0) is 31.3. The lowest BCUT2D eigenvalue weighted by atomic mass is 9.77. The normalized spacial score (nSPS) is 13.1. The fourth-order valence-electron chi connectivity index (χ4n) is 5.47. The molecule has 0 bridgehead atoms. The van der Waals surface area contributed by atoms with Crippen LogP contribution in [-0.4, -0.2) is 4.98 Å². The van der Waals surface area contributed by atoms with Gasteiger partial charge in [-0.05, 0) is 92.4 Å². The van der Waals surface area contributed by atoms with E-state index < -0.39 is 7.92 Å². The molecule has 3 aromatic carbocycles. The van der Waals surface area contributed by atoms with Crippen molar-refractivity contribution in [2.75, 3.05) is 0 Å². The van der Waals surface area contributed by atoms with Gasteiger partial charge in [-0.3, -0.25) is 4.98 Å². The molecule has 0 saturated heterocycles. The average molecular weight is 578 g/mol. The molecule has 4 aromatic rings. The van der Waals surface area contributed by atoms with Gasteiger partial charge >= 0.3 is 0 Å². The molecule has 0 saturated carbocycles. The summed E-state index contributed by atoms with van der Waals surface area (Å²) in [5, 5.41) is 4.15. The second-order valence-corrected chi connectivity index (χ2v) is 18.2. The fraction of sp³-hybridized carbons (Fsp3) is 0.425. The van der Waals surface area contributed by atoms with Gasteiger partial charge in [-0.15, -0.1) is 0 Å². The van der Waals surface area contributed by atoms with Gasteiger partial charge in [0.25, 0.3) is 0 Å². The number of benzene rings is 3. The molecule has 0 aliphatic heterocycles. The molecule has 1 aromatic heterocycles. The first kappa shape index (κ1) is 32.2. The van der Waals surface area contributed by atoms with E-state index in [9.17, 15) is 0 Å². The minimum absolute atomic E-state index is 0.0135. The van der Waals surface area contributed by atoms with Gasteiger partial charge in [0.15, 0.2) is 0 Å². The molecule has 0 aliphatic rings. The molecule has 0 aliphatic carbocycles. The Balaban J connectivity index is 2.15. The molecule has 0 amide bonds. The van der Waals surface area contributed by atoms with Gasteiger partial charge in [0.1, 0.15) is 0 Å². The Morgan fingerprint density at radius 3 is 1.36 bits per heavy atom. The standard InChI is InChI=1S/C40H52NP/c1-27-15-14-24-41-36(27)35-33(40(11,12)13)25-30(39(8,9)10)26-34(35)42(31-20-16-28(17-21-31)37(2,3)4)32-22-18-29(19-23-32)38(5,6)7/h14-26H,1-13H3. The van der Waals surface area contributed by atoms with Gasteiger partial charge < -0.3 is 0 Å². The van der Waals surface area contributed by atoms with E-state index in [1.165, 1.54) is 49.3 Å². The van der Waals surface area contributed by atoms with Crippen molar-refractivity contribution in [1.82, 2.24) is 4.98 Å². The maximum absolute atomic E-state index is 5.05. The first-order valence-electron chi connectivity index (χ1n) is 15.4. The first-order chi connectivity index (χ1) is 19.3. The van der Waals surface area contributed by atoms with Crippen molar-refractivity contribution in [1.29, 1.82) is 0 Å². The first-order valence-corrected chi connectivity index (χ1v) is 16.7. The summed E-state index contributed by atoms with van der Waals surface area (Å²) >= 11 is 0. The Kier molecular flexibility index (Phi) is 8.72. The molecular formula is C40H52NP. The highest BCUT2D eigenvalue weighted by molar-refractivity contribution is 7.80. The monoisotopic (exact) mass is 577 g/mol. The fourth-order valence-corrected chi connectivity index (χ4v) is 7.94. The number of nitrogens with zero attached hydrogens (tertiary/aromatic N) is 1.